The molecule has 11 heteroatoms. The highest BCUT2D eigenvalue weighted by Gasteiger charge is 2.57. The maximum Gasteiger partial charge on any atom is 0.358 e. The predicted octanol–water partition coefficient (Wildman–Crippen LogP) is 4.27. The lowest BCUT2D eigenvalue weighted by Gasteiger charge is -2.50. The number of aliphatic hydroxyl groups is 1. The number of likely N-dealkylation sites (tertiary alicyclic amines) is 1. The molecule has 184 valence electrons. The second-order valence-corrected chi connectivity index (χ2v) is 18.2. The van der Waals surface area contributed by atoms with Gasteiger partial charge < -0.3 is 14.3 Å². The first-order chi connectivity index (χ1) is 15.0. The third-order valence-corrected chi connectivity index (χ3v) is 14.4. The molecule has 1 saturated heterocycles. The molecule has 0 aromatic heterocycles. The van der Waals surface area contributed by atoms with Gasteiger partial charge in [0, 0.05) is 0 Å². The molecule has 1 aromatic carbocycles. The van der Waals surface area contributed by atoms with E-state index in [9.17, 15) is 23.1 Å². The topological polar surface area (TPSA) is 110 Å². The number of rotatable bonds is 8. The van der Waals surface area contributed by atoms with E-state index >= 15 is 0 Å². The van der Waals surface area contributed by atoms with Gasteiger partial charge in [0.15, 0.2) is 14.0 Å². The summed E-state index contributed by atoms with van der Waals surface area (Å²) in [6, 6.07) is 7.84. The normalized spacial score (nSPS) is 21.2. The van der Waals surface area contributed by atoms with Crippen molar-refractivity contribution < 1.29 is 32.3 Å². The van der Waals surface area contributed by atoms with Gasteiger partial charge in [-0.05, 0) is 54.9 Å². The van der Waals surface area contributed by atoms with Crippen LogP contribution in [0.15, 0.2) is 46.7 Å². The number of benzene rings is 1. The summed E-state index contributed by atoms with van der Waals surface area (Å²) in [5, 5.41) is 9.01. The van der Waals surface area contributed by atoms with E-state index in [-0.39, 0.29) is 15.6 Å². The SMILES string of the molecule is COC(=O)C(=C(C)O)N1C(=O)C([C@@H](C)O[Si](C)(C)C(C)(C)C)C1SS(=O)(=O)c1ccccc1. The Morgan fingerprint density at radius 2 is 1.76 bits per heavy atom. The molecule has 33 heavy (non-hydrogen) atoms. The number of amides is 1. The summed E-state index contributed by atoms with van der Waals surface area (Å²) in [5.74, 6) is -2.70. The first-order valence-electron chi connectivity index (χ1n) is 10.5. The Morgan fingerprint density at radius 3 is 2.21 bits per heavy atom. The number of methoxy groups -OCH3 is 1. The van der Waals surface area contributed by atoms with Crippen molar-refractivity contribution in [2.45, 2.75) is 69.1 Å². The lowest BCUT2D eigenvalue weighted by molar-refractivity contribution is -0.158. The van der Waals surface area contributed by atoms with Gasteiger partial charge in [-0.2, -0.15) is 0 Å². The van der Waals surface area contributed by atoms with Crippen LogP contribution in [0, 0.1) is 5.92 Å². The summed E-state index contributed by atoms with van der Waals surface area (Å²) in [6.07, 6.45) is -0.601. The van der Waals surface area contributed by atoms with Gasteiger partial charge in [-0.25, -0.2) is 13.2 Å². The fraction of sp³-hybridized carbons (Fsp3) is 0.545. The number of β-lactam (4-membered cyclic amide) rings is 1. The molecule has 1 aromatic rings. The van der Waals surface area contributed by atoms with E-state index in [1.165, 1.54) is 19.1 Å². The Balaban J connectivity index is 2.48. The molecule has 0 aliphatic carbocycles. The zero-order valence-corrected chi connectivity index (χ0v) is 22.9. The number of allylic oxidation sites excluding steroid dienone is 1. The highest BCUT2D eigenvalue weighted by molar-refractivity contribution is 8.72. The molecular weight excluding hydrogens is 482 g/mol. The van der Waals surface area contributed by atoms with E-state index in [2.05, 4.69) is 20.8 Å². The maximum absolute atomic E-state index is 13.2. The fourth-order valence-electron chi connectivity index (χ4n) is 3.26. The zero-order valence-electron chi connectivity index (χ0n) is 20.3. The molecule has 2 rings (SSSR count). The monoisotopic (exact) mass is 515 g/mol. The third-order valence-electron chi connectivity index (χ3n) is 6.10. The van der Waals surface area contributed by atoms with Gasteiger partial charge in [-0.1, -0.05) is 39.0 Å². The molecule has 0 bridgehead atoms. The van der Waals surface area contributed by atoms with Crippen molar-refractivity contribution in [2.24, 2.45) is 5.92 Å². The second-order valence-electron chi connectivity index (χ2n) is 9.50. The molecule has 2 unspecified atom stereocenters. The van der Waals surface area contributed by atoms with Gasteiger partial charge in [0.1, 0.15) is 11.1 Å². The molecule has 1 N–H and O–H groups in total. The van der Waals surface area contributed by atoms with Gasteiger partial charge in [0.05, 0.1) is 24.0 Å². The summed E-state index contributed by atoms with van der Waals surface area (Å²) in [7, 11) is -4.48. The second kappa shape index (κ2) is 9.81. The quantitative estimate of drug-likeness (QED) is 0.137. The van der Waals surface area contributed by atoms with Crippen LogP contribution in [0.3, 0.4) is 0 Å². The van der Waals surface area contributed by atoms with Crippen molar-refractivity contribution in [1.29, 1.82) is 0 Å². The number of esters is 1. The van der Waals surface area contributed by atoms with Gasteiger partial charge >= 0.3 is 5.97 Å². The molecule has 1 heterocycles. The lowest BCUT2D eigenvalue weighted by atomic mass is 9.92. The molecular formula is C22H33NO7S2Si. The van der Waals surface area contributed by atoms with Crippen LogP contribution in [-0.4, -0.2) is 57.2 Å². The van der Waals surface area contributed by atoms with Crippen LogP contribution in [0.25, 0.3) is 0 Å². The fourth-order valence-corrected chi connectivity index (χ4v) is 8.37. The van der Waals surface area contributed by atoms with Crippen LogP contribution >= 0.6 is 10.8 Å². The number of carbonyl (C=O) groups is 2. The van der Waals surface area contributed by atoms with E-state index in [1.807, 2.05) is 13.1 Å². The van der Waals surface area contributed by atoms with Crippen molar-refractivity contribution in [3.05, 3.63) is 41.8 Å². The molecule has 1 aliphatic rings. The number of hydrogen-bond donors (Lipinski definition) is 1. The van der Waals surface area contributed by atoms with Gasteiger partial charge in [-0.3, -0.25) is 9.69 Å². The molecule has 1 fully saturated rings. The van der Waals surface area contributed by atoms with E-state index in [4.69, 9.17) is 9.16 Å². The van der Waals surface area contributed by atoms with E-state index in [0.717, 1.165) is 12.0 Å². The first kappa shape index (κ1) is 27.4. The highest BCUT2D eigenvalue weighted by atomic mass is 33.1. The molecule has 3 atom stereocenters. The van der Waals surface area contributed by atoms with Crippen molar-refractivity contribution >= 4 is 39.9 Å². The van der Waals surface area contributed by atoms with Crippen LogP contribution in [0.5, 0.6) is 0 Å². The summed E-state index contributed by atoms with van der Waals surface area (Å²) >= 11 is 0. The Morgan fingerprint density at radius 1 is 1.21 bits per heavy atom. The molecule has 0 spiro atoms. The number of hydrogen-bond acceptors (Lipinski definition) is 8. The van der Waals surface area contributed by atoms with Crippen LogP contribution < -0.4 is 0 Å². The minimum atomic E-state index is -3.88. The summed E-state index contributed by atoms with van der Waals surface area (Å²) in [6.45, 7) is 13.3. The van der Waals surface area contributed by atoms with E-state index in [0.29, 0.717) is 10.8 Å². The minimum Gasteiger partial charge on any atom is -0.510 e. The number of ether oxygens (including phenoxy) is 1. The third kappa shape index (κ3) is 5.64. The minimum absolute atomic E-state index is 0.0790. The average molecular weight is 516 g/mol. The van der Waals surface area contributed by atoms with E-state index < -0.39 is 52.2 Å². The van der Waals surface area contributed by atoms with E-state index in [1.54, 1.807) is 25.1 Å². The van der Waals surface area contributed by atoms with Crippen molar-refractivity contribution in [3.8, 4) is 0 Å². The Bertz CT molecular complexity index is 1030. The van der Waals surface area contributed by atoms with Gasteiger partial charge in [-0.15, -0.1) is 0 Å². The standard InChI is InChI=1S/C22H33NO7S2Si/c1-14(24)18(21(26)29-6)23-19(25)17(15(2)30-33(7,8)22(3,4)5)20(23)31-32(27,28)16-12-10-9-11-13-16/h9-13,15,17,20,24H,1-8H3/t15-,17?,20?/m1/s1. The lowest BCUT2D eigenvalue weighted by Crippen LogP contribution is -2.64. The zero-order chi connectivity index (χ0) is 25.4. The Hall–Kier alpha value is -1.82. The number of nitrogens with zero attached hydrogens (tertiary/aromatic N) is 1. The van der Waals surface area contributed by atoms with Gasteiger partial charge in [0.25, 0.3) is 0 Å². The van der Waals surface area contributed by atoms with Crippen LogP contribution in [0.4, 0.5) is 0 Å². The smallest absolute Gasteiger partial charge is 0.358 e. The van der Waals surface area contributed by atoms with Crippen LogP contribution in [-0.2, 0) is 27.6 Å². The number of carbonyl (C=O) groups excluding carboxylic acids is 2. The summed E-state index contributed by atoms with van der Waals surface area (Å²) in [5.41, 5.74) is -0.376. The molecule has 8 nitrogen and oxygen atoms in total. The van der Waals surface area contributed by atoms with Crippen LogP contribution in [0.1, 0.15) is 34.6 Å². The molecule has 0 radical (unpaired) electrons. The molecule has 0 saturated carbocycles. The molecule has 1 amide bonds. The maximum atomic E-state index is 13.2. The van der Waals surface area contributed by atoms with Crippen molar-refractivity contribution in [3.63, 3.8) is 0 Å². The first-order valence-corrected chi connectivity index (χ1v) is 16.3. The van der Waals surface area contributed by atoms with Crippen molar-refractivity contribution in [1.82, 2.24) is 4.90 Å². The number of aliphatic hydroxyl groups excluding tert-OH is 1. The van der Waals surface area contributed by atoms with Crippen molar-refractivity contribution in [2.75, 3.05) is 7.11 Å². The Kier molecular flexibility index (Phi) is 8.15. The summed E-state index contributed by atoms with van der Waals surface area (Å²) in [4.78, 5) is 26.7. The largest absolute Gasteiger partial charge is 0.510 e. The average Bonchev–Trinajstić information content (AvgIpc) is 2.70. The van der Waals surface area contributed by atoms with Gasteiger partial charge in [0.2, 0.25) is 14.8 Å². The predicted molar refractivity (Wildman–Crippen MR) is 130 cm³/mol. The van der Waals surface area contributed by atoms with Crippen LogP contribution in [0.2, 0.25) is 18.1 Å². The molecule has 1 aliphatic heterocycles. The summed E-state index contributed by atoms with van der Waals surface area (Å²) < 4.78 is 37.4. The Labute approximate surface area is 200 Å². The highest BCUT2D eigenvalue weighted by Crippen LogP contribution is 2.47.